The minimum absolute atomic E-state index is 0.0866. The number of rotatable bonds is 6. The van der Waals surface area contributed by atoms with Gasteiger partial charge in [-0.25, -0.2) is 0 Å². The maximum atomic E-state index is 11.7. The monoisotopic (exact) mass is 261 g/mol. The van der Waals surface area contributed by atoms with Crippen LogP contribution < -0.4 is 5.32 Å². The summed E-state index contributed by atoms with van der Waals surface area (Å²) in [5.74, 6) is -0.0930. The van der Waals surface area contributed by atoms with Crippen molar-refractivity contribution < 1.29 is 9.90 Å². The molecule has 1 aromatic rings. The quantitative estimate of drug-likeness (QED) is 0.773. The lowest BCUT2D eigenvalue weighted by molar-refractivity contribution is -0.117. The molecule has 0 aliphatic rings. The zero-order valence-corrected chi connectivity index (χ0v) is 11.9. The molecule has 2 N–H and O–H groups in total. The maximum Gasteiger partial charge on any atom is 0.244 e. The van der Waals surface area contributed by atoms with Gasteiger partial charge in [0, 0.05) is 18.7 Å². The van der Waals surface area contributed by atoms with Crippen LogP contribution in [0.5, 0.6) is 0 Å². The smallest absolute Gasteiger partial charge is 0.244 e. The molecule has 1 atom stereocenters. The molecule has 0 spiro atoms. The molecular formula is C16H23NO2. The Balaban J connectivity index is 2.53. The Hall–Kier alpha value is -1.61. The average Bonchev–Trinajstić information content (AvgIpc) is 2.33. The van der Waals surface area contributed by atoms with Gasteiger partial charge in [-0.1, -0.05) is 29.3 Å². The van der Waals surface area contributed by atoms with E-state index < -0.39 is 0 Å². The third-order valence-electron chi connectivity index (χ3n) is 2.86. The summed E-state index contributed by atoms with van der Waals surface area (Å²) in [5, 5.41) is 11.6. The van der Waals surface area contributed by atoms with Crippen LogP contribution in [0.1, 0.15) is 36.5 Å². The van der Waals surface area contributed by atoms with E-state index in [0.29, 0.717) is 6.42 Å². The van der Waals surface area contributed by atoms with Crippen LogP contribution in [0.4, 0.5) is 0 Å². The van der Waals surface area contributed by atoms with Gasteiger partial charge in [0.05, 0.1) is 0 Å². The van der Waals surface area contributed by atoms with Gasteiger partial charge in [-0.15, -0.1) is 0 Å². The van der Waals surface area contributed by atoms with E-state index in [2.05, 4.69) is 11.4 Å². The van der Waals surface area contributed by atoms with Gasteiger partial charge >= 0.3 is 0 Å². The van der Waals surface area contributed by atoms with E-state index >= 15 is 0 Å². The van der Waals surface area contributed by atoms with Gasteiger partial charge in [0.2, 0.25) is 5.91 Å². The van der Waals surface area contributed by atoms with Crippen molar-refractivity contribution in [3.63, 3.8) is 0 Å². The Kier molecular flexibility index (Phi) is 6.30. The minimum atomic E-state index is -0.0930. The van der Waals surface area contributed by atoms with Gasteiger partial charge in [-0.2, -0.15) is 0 Å². The zero-order chi connectivity index (χ0) is 14.3. The lowest BCUT2D eigenvalue weighted by Crippen LogP contribution is -2.31. The fraction of sp³-hybridized carbons (Fsp3) is 0.438. The summed E-state index contributed by atoms with van der Waals surface area (Å²) in [6, 6.07) is 6.29. The van der Waals surface area contributed by atoms with Crippen molar-refractivity contribution in [3.8, 4) is 0 Å². The molecule has 0 radical (unpaired) electrons. The molecule has 3 heteroatoms. The van der Waals surface area contributed by atoms with Crippen molar-refractivity contribution in [3.05, 3.63) is 41.0 Å². The molecule has 1 aromatic carbocycles. The second-order valence-electron chi connectivity index (χ2n) is 5.03. The van der Waals surface area contributed by atoms with Crippen LogP contribution in [0.15, 0.2) is 24.3 Å². The van der Waals surface area contributed by atoms with Crippen molar-refractivity contribution in [2.75, 3.05) is 6.61 Å². The van der Waals surface area contributed by atoms with Crippen LogP contribution >= 0.6 is 0 Å². The van der Waals surface area contributed by atoms with Gasteiger partial charge in [0.25, 0.3) is 0 Å². The normalized spacial score (nSPS) is 12.6. The molecule has 1 rings (SSSR count). The molecule has 1 unspecified atom stereocenters. The largest absolute Gasteiger partial charge is 0.396 e. The first kappa shape index (κ1) is 15.4. The number of hydrogen-bond acceptors (Lipinski definition) is 2. The van der Waals surface area contributed by atoms with Gasteiger partial charge in [-0.3, -0.25) is 4.79 Å². The number of aliphatic hydroxyl groups excluding tert-OH is 1. The molecule has 0 saturated heterocycles. The predicted molar refractivity (Wildman–Crippen MR) is 78.9 cm³/mol. The predicted octanol–water partition coefficient (Wildman–Crippen LogP) is 2.59. The van der Waals surface area contributed by atoms with E-state index in [1.807, 2.05) is 39.0 Å². The third kappa shape index (κ3) is 6.20. The van der Waals surface area contributed by atoms with Gasteiger partial charge in [0.15, 0.2) is 0 Å². The maximum absolute atomic E-state index is 11.7. The van der Waals surface area contributed by atoms with Crippen LogP contribution in [0, 0.1) is 13.8 Å². The number of benzene rings is 1. The molecule has 0 aliphatic carbocycles. The highest BCUT2D eigenvalue weighted by Gasteiger charge is 2.03. The van der Waals surface area contributed by atoms with E-state index in [9.17, 15) is 4.79 Å². The number of aryl methyl sites for hydroxylation is 2. The van der Waals surface area contributed by atoms with Gasteiger partial charge < -0.3 is 10.4 Å². The summed E-state index contributed by atoms with van der Waals surface area (Å²) < 4.78 is 0. The van der Waals surface area contributed by atoms with Crippen LogP contribution in [-0.2, 0) is 4.79 Å². The van der Waals surface area contributed by atoms with Crippen molar-refractivity contribution in [2.24, 2.45) is 0 Å². The summed E-state index contributed by atoms with van der Waals surface area (Å²) >= 11 is 0. The summed E-state index contributed by atoms with van der Waals surface area (Å²) in [7, 11) is 0. The summed E-state index contributed by atoms with van der Waals surface area (Å²) in [6.07, 6.45) is 4.89. The second kappa shape index (κ2) is 7.74. The molecule has 104 valence electrons. The fourth-order valence-electron chi connectivity index (χ4n) is 2.04. The molecule has 3 nitrogen and oxygen atoms in total. The first-order valence-corrected chi connectivity index (χ1v) is 6.69. The zero-order valence-electron chi connectivity index (χ0n) is 11.9. The Labute approximate surface area is 115 Å². The Morgan fingerprint density at radius 1 is 1.32 bits per heavy atom. The molecular weight excluding hydrogens is 238 g/mol. The van der Waals surface area contributed by atoms with E-state index in [0.717, 1.165) is 12.0 Å². The average molecular weight is 261 g/mol. The molecule has 19 heavy (non-hydrogen) atoms. The van der Waals surface area contributed by atoms with Crippen LogP contribution in [-0.4, -0.2) is 23.7 Å². The molecule has 0 aliphatic heterocycles. The lowest BCUT2D eigenvalue weighted by atomic mass is 10.1. The Bertz CT molecular complexity index is 432. The van der Waals surface area contributed by atoms with Crippen molar-refractivity contribution in [2.45, 2.75) is 39.7 Å². The summed E-state index contributed by atoms with van der Waals surface area (Å²) in [4.78, 5) is 11.7. The van der Waals surface area contributed by atoms with Crippen molar-refractivity contribution >= 4 is 12.0 Å². The first-order valence-electron chi connectivity index (χ1n) is 6.69. The molecule has 0 heterocycles. The number of amides is 1. The Morgan fingerprint density at radius 3 is 2.53 bits per heavy atom. The Morgan fingerprint density at radius 2 is 1.95 bits per heavy atom. The van der Waals surface area contributed by atoms with Crippen LogP contribution in [0.25, 0.3) is 6.08 Å². The highest BCUT2D eigenvalue weighted by Crippen LogP contribution is 2.10. The molecule has 0 bridgehead atoms. The molecule has 0 saturated carbocycles. The number of carbonyl (C=O) groups excluding carboxylic acids is 1. The second-order valence-corrected chi connectivity index (χ2v) is 5.03. The summed E-state index contributed by atoms with van der Waals surface area (Å²) in [6.45, 7) is 6.19. The number of aliphatic hydroxyl groups is 1. The standard InChI is InChI=1S/C16H23NO2/c1-12-9-13(2)11-15(10-12)6-7-16(19)17-14(3)5-4-8-18/h6-7,9-11,14,18H,4-5,8H2,1-3H3,(H,17,19)/b7-6+. The third-order valence-corrected chi connectivity index (χ3v) is 2.86. The lowest BCUT2D eigenvalue weighted by Gasteiger charge is -2.11. The summed E-state index contributed by atoms with van der Waals surface area (Å²) in [5.41, 5.74) is 3.42. The van der Waals surface area contributed by atoms with E-state index in [1.54, 1.807) is 6.08 Å². The van der Waals surface area contributed by atoms with E-state index in [1.165, 1.54) is 11.1 Å². The highest BCUT2D eigenvalue weighted by molar-refractivity contribution is 5.91. The molecule has 1 amide bonds. The number of carbonyl (C=O) groups is 1. The van der Waals surface area contributed by atoms with Crippen molar-refractivity contribution in [1.29, 1.82) is 0 Å². The first-order chi connectivity index (χ1) is 9.01. The van der Waals surface area contributed by atoms with Crippen LogP contribution in [0.3, 0.4) is 0 Å². The highest BCUT2D eigenvalue weighted by atomic mass is 16.2. The number of nitrogens with one attached hydrogen (secondary N) is 1. The molecule has 0 aromatic heterocycles. The van der Waals surface area contributed by atoms with E-state index in [-0.39, 0.29) is 18.6 Å². The van der Waals surface area contributed by atoms with Gasteiger partial charge in [-0.05, 0) is 45.3 Å². The minimum Gasteiger partial charge on any atom is -0.396 e. The molecule has 0 fully saturated rings. The SMILES string of the molecule is Cc1cc(C)cc(/C=C/C(=O)NC(C)CCCO)c1. The van der Waals surface area contributed by atoms with E-state index in [4.69, 9.17) is 5.11 Å². The van der Waals surface area contributed by atoms with Crippen LogP contribution in [0.2, 0.25) is 0 Å². The number of hydrogen-bond donors (Lipinski definition) is 2. The fourth-order valence-corrected chi connectivity index (χ4v) is 2.04. The van der Waals surface area contributed by atoms with Gasteiger partial charge in [0.1, 0.15) is 0 Å². The van der Waals surface area contributed by atoms with Crippen molar-refractivity contribution in [1.82, 2.24) is 5.32 Å². The topological polar surface area (TPSA) is 49.3 Å².